The monoisotopic (exact) mass is 251 g/mol. The van der Waals surface area contributed by atoms with E-state index in [1.165, 1.54) is 6.20 Å². The van der Waals surface area contributed by atoms with Crippen molar-refractivity contribution in [3.8, 4) is 0 Å². The quantitative estimate of drug-likeness (QED) is 0.784. The molecule has 0 aliphatic heterocycles. The van der Waals surface area contributed by atoms with Crippen LogP contribution in [0.4, 0.5) is 17.6 Å². The largest absolute Gasteiger partial charge is 0.327 e. The van der Waals surface area contributed by atoms with E-state index in [9.17, 15) is 17.6 Å². The highest BCUT2D eigenvalue weighted by Gasteiger charge is 2.41. The molecule has 1 aliphatic carbocycles. The first kappa shape index (κ1) is 12.3. The maximum Gasteiger partial charge on any atom is 0.324 e. The van der Waals surface area contributed by atoms with Gasteiger partial charge in [0, 0.05) is 18.8 Å². The predicted octanol–water partition coefficient (Wildman–Crippen LogP) is 2.04. The zero-order chi connectivity index (χ0) is 12.5. The Morgan fingerprint density at radius 1 is 1.47 bits per heavy atom. The van der Waals surface area contributed by atoms with Gasteiger partial charge in [-0.1, -0.05) is 0 Å². The van der Waals surface area contributed by atoms with Crippen LogP contribution in [-0.4, -0.2) is 27.9 Å². The van der Waals surface area contributed by atoms with E-state index in [-0.39, 0.29) is 0 Å². The highest BCUT2D eigenvalue weighted by atomic mass is 19.3. The van der Waals surface area contributed by atoms with E-state index in [4.69, 9.17) is 0 Å². The van der Waals surface area contributed by atoms with Crippen molar-refractivity contribution in [1.82, 2.24) is 14.9 Å². The average Bonchev–Trinajstić information content (AvgIpc) is 2.97. The molecule has 0 bridgehead atoms. The molecule has 17 heavy (non-hydrogen) atoms. The summed E-state index contributed by atoms with van der Waals surface area (Å²) < 4.78 is 51.0. The fraction of sp³-hybridized carbons (Fsp3) is 0.700. The molecular formula is C10H13F4N3. The molecule has 0 amide bonds. The normalized spacial score (nSPS) is 16.8. The summed E-state index contributed by atoms with van der Waals surface area (Å²) >= 11 is 0. The Labute approximate surface area is 95.8 Å². The van der Waals surface area contributed by atoms with Gasteiger partial charge in [-0.25, -0.2) is 13.8 Å². The second kappa shape index (κ2) is 4.64. The van der Waals surface area contributed by atoms with Crippen LogP contribution in [0.2, 0.25) is 0 Å². The minimum atomic E-state index is -4.02. The van der Waals surface area contributed by atoms with E-state index in [1.807, 2.05) is 0 Å². The van der Waals surface area contributed by atoms with E-state index >= 15 is 0 Å². The SMILES string of the molecule is FC(F)C(F)(F)Cn1cncc1CNC1CC1. The molecule has 2 rings (SSSR count). The number of nitrogens with one attached hydrogen (secondary N) is 1. The van der Waals surface area contributed by atoms with Gasteiger partial charge in [0.25, 0.3) is 0 Å². The molecule has 1 N–H and O–H groups in total. The summed E-state index contributed by atoms with van der Waals surface area (Å²) in [5, 5.41) is 3.12. The topological polar surface area (TPSA) is 29.9 Å². The summed E-state index contributed by atoms with van der Waals surface area (Å²) in [4.78, 5) is 3.71. The van der Waals surface area contributed by atoms with Crippen LogP contribution in [0.25, 0.3) is 0 Å². The summed E-state index contributed by atoms with van der Waals surface area (Å²) in [6, 6.07) is 0.425. The molecule has 1 heterocycles. The number of aromatic nitrogens is 2. The van der Waals surface area contributed by atoms with Gasteiger partial charge in [0.05, 0.1) is 18.6 Å². The molecule has 1 saturated carbocycles. The summed E-state index contributed by atoms with van der Waals surface area (Å²) in [6.07, 6.45) is 1.05. The van der Waals surface area contributed by atoms with E-state index in [1.54, 1.807) is 0 Å². The first-order valence-electron chi connectivity index (χ1n) is 5.37. The van der Waals surface area contributed by atoms with Crippen LogP contribution >= 0.6 is 0 Å². The Morgan fingerprint density at radius 3 is 2.76 bits per heavy atom. The van der Waals surface area contributed by atoms with Crippen LogP contribution in [0.1, 0.15) is 18.5 Å². The van der Waals surface area contributed by atoms with Crippen molar-refractivity contribution >= 4 is 0 Å². The van der Waals surface area contributed by atoms with Gasteiger partial charge in [-0.2, -0.15) is 8.78 Å². The van der Waals surface area contributed by atoms with Crippen LogP contribution < -0.4 is 5.32 Å². The molecule has 1 aromatic rings. The van der Waals surface area contributed by atoms with Crippen molar-refractivity contribution in [2.24, 2.45) is 0 Å². The lowest BCUT2D eigenvalue weighted by Crippen LogP contribution is -2.33. The van der Waals surface area contributed by atoms with Crippen molar-refractivity contribution < 1.29 is 17.6 Å². The third kappa shape index (κ3) is 3.18. The van der Waals surface area contributed by atoms with Crippen LogP contribution in [0.15, 0.2) is 12.5 Å². The van der Waals surface area contributed by atoms with Crippen LogP contribution in [0.3, 0.4) is 0 Å². The van der Waals surface area contributed by atoms with Crippen LogP contribution in [0.5, 0.6) is 0 Å². The molecule has 0 unspecified atom stereocenters. The smallest absolute Gasteiger partial charge is 0.324 e. The fourth-order valence-electron chi connectivity index (χ4n) is 1.47. The molecule has 1 fully saturated rings. The van der Waals surface area contributed by atoms with E-state index in [2.05, 4.69) is 10.3 Å². The van der Waals surface area contributed by atoms with E-state index in [0.29, 0.717) is 18.3 Å². The number of hydrogen-bond donors (Lipinski definition) is 1. The van der Waals surface area contributed by atoms with Gasteiger partial charge in [0.15, 0.2) is 0 Å². The fourth-order valence-corrected chi connectivity index (χ4v) is 1.47. The first-order valence-corrected chi connectivity index (χ1v) is 5.37. The van der Waals surface area contributed by atoms with Gasteiger partial charge in [-0.05, 0) is 12.8 Å². The maximum atomic E-state index is 12.9. The van der Waals surface area contributed by atoms with Crippen molar-refractivity contribution in [3.05, 3.63) is 18.2 Å². The van der Waals surface area contributed by atoms with Gasteiger partial charge < -0.3 is 9.88 Å². The summed E-state index contributed by atoms with van der Waals surface area (Å²) in [6.45, 7) is -0.656. The lowest BCUT2D eigenvalue weighted by atomic mass is 10.3. The Hall–Kier alpha value is -1.11. The standard InChI is InChI=1S/C10H13F4N3/c11-9(12)10(13,14)5-17-6-15-3-8(17)4-16-7-1-2-7/h3,6-7,9,16H,1-2,4-5H2. The van der Waals surface area contributed by atoms with Crippen molar-refractivity contribution in [3.63, 3.8) is 0 Å². The summed E-state index contributed by atoms with van der Waals surface area (Å²) in [7, 11) is 0. The Morgan fingerprint density at radius 2 is 2.18 bits per heavy atom. The molecule has 0 atom stereocenters. The van der Waals surface area contributed by atoms with Crippen LogP contribution in [-0.2, 0) is 13.1 Å². The molecule has 0 aromatic carbocycles. The summed E-state index contributed by atoms with van der Waals surface area (Å²) in [5.41, 5.74) is 0.497. The molecule has 1 aliphatic rings. The Bertz CT molecular complexity index is 373. The zero-order valence-electron chi connectivity index (χ0n) is 9.04. The Kier molecular flexibility index (Phi) is 3.37. The highest BCUT2D eigenvalue weighted by molar-refractivity contribution is 5.00. The molecule has 7 heteroatoms. The van der Waals surface area contributed by atoms with Gasteiger partial charge in [0.2, 0.25) is 0 Å². The minimum absolute atomic E-state index is 0.379. The van der Waals surface area contributed by atoms with Gasteiger partial charge in [-0.15, -0.1) is 0 Å². The third-order valence-electron chi connectivity index (χ3n) is 2.65. The molecule has 0 radical (unpaired) electrons. The highest BCUT2D eigenvalue weighted by Crippen LogP contribution is 2.25. The minimum Gasteiger partial charge on any atom is -0.327 e. The zero-order valence-corrected chi connectivity index (χ0v) is 9.04. The molecule has 0 saturated heterocycles. The molecule has 3 nitrogen and oxygen atoms in total. The number of hydrogen-bond acceptors (Lipinski definition) is 2. The summed E-state index contributed by atoms with van der Waals surface area (Å²) in [5.74, 6) is -4.02. The lowest BCUT2D eigenvalue weighted by molar-refractivity contribution is -0.138. The van der Waals surface area contributed by atoms with Crippen molar-refractivity contribution in [2.75, 3.05) is 0 Å². The van der Waals surface area contributed by atoms with E-state index < -0.39 is 18.9 Å². The van der Waals surface area contributed by atoms with Crippen molar-refractivity contribution in [1.29, 1.82) is 0 Å². The third-order valence-corrected chi connectivity index (χ3v) is 2.65. The van der Waals surface area contributed by atoms with E-state index in [0.717, 1.165) is 23.7 Å². The number of nitrogens with zero attached hydrogens (tertiary/aromatic N) is 2. The average molecular weight is 251 g/mol. The van der Waals surface area contributed by atoms with Gasteiger partial charge >= 0.3 is 12.3 Å². The lowest BCUT2D eigenvalue weighted by Gasteiger charge is -2.17. The Balaban J connectivity index is 1.97. The second-order valence-electron chi connectivity index (χ2n) is 4.23. The van der Waals surface area contributed by atoms with Crippen molar-refractivity contribution in [2.45, 2.75) is 44.3 Å². The molecule has 1 aromatic heterocycles. The van der Waals surface area contributed by atoms with Crippen LogP contribution in [0, 0.1) is 0 Å². The molecule has 96 valence electrons. The molecule has 0 spiro atoms. The maximum absolute atomic E-state index is 12.9. The second-order valence-corrected chi connectivity index (χ2v) is 4.23. The molecular weight excluding hydrogens is 238 g/mol. The van der Waals surface area contributed by atoms with Gasteiger partial charge in [0.1, 0.15) is 0 Å². The number of alkyl halides is 4. The predicted molar refractivity (Wildman–Crippen MR) is 53.0 cm³/mol. The van der Waals surface area contributed by atoms with Gasteiger partial charge in [-0.3, -0.25) is 0 Å². The first-order chi connectivity index (χ1) is 7.99. The number of halogens is 4. The number of imidazole rings is 1. The number of rotatable bonds is 6.